The van der Waals surface area contributed by atoms with E-state index in [0.29, 0.717) is 17.9 Å². The highest BCUT2D eigenvalue weighted by Gasteiger charge is 2.16. The molecule has 0 fully saturated rings. The summed E-state index contributed by atoms with van der Waals surface area (Å²) in [6, 6.07) is 14.0. The van der Waals surface area contributed by atoms with E-state index in [1.54, 1.807) is 13.8 Å². The number of fused-ring (bicyclic) bond motifs is 1. The van der Waals surface area contributed by atoms with Crippen molar-refractivity contribution in [3.63, 3.8) is 0 Å². The highest BCUT2D eigenvalue weighted by atomic mass is 32.2. The average molecular weight is 338 g/mol. The zero-order chi connectivity index (χ0) is 16.2. The van der Waals surface area contributed by atoms with Crippen molar-refractivity contribution >= 4 is 31.4 Å². The third-order valence-electron chi connectivity index (χ3n) is 3.72. The smallest absolute Gasteiger partial charge is 0.152 e. The van der Waals surface area contributed by atoms with Crippen molar-refractivity contribution in [2.75, 3.05) is 11.5 Å². The van der Waals surface area contributed by atoms with Gasteiger partial charge in [-0.15, -0.1) is 0 Å². The van der Waals surface area contributed by atoms with E-state index < -0.39 is 20.6 Å². The molecule has 0 heterocycles. The minimum atomic E-state index is -3.04. The van der Waals surface area contributed by atoms with Crippen LogP contribution in [0.3, 0.4) is 0 Å². The van der Waals surface area contributed by atoms with Crippen LogP contribution in [0.5, 0.6) is 0 Å². The molecule has 0 bridgehead atoms. The summed E-state index contributed by atoms with van der Waals surface area (Å²) in [4.78, 5) is 0. The second kappa shape index (κ2) is 7.38. The quantitative estimate of drug-likeness (QED) is 0.778. The maximum Gasteiger partial charge on any atom is 0.152 e. The predicted octanol–water partition coefficient (Wildman–Crippen LogP) is 3.30. The summed E-state index contributed by atoms with van der Waals surface area (Å²) in [6.07, 6.45) is 0.456. The highest BCUT2D eigenvalue weighted by molar-refractivity contribution is 7.92. The number of benzene rings is 2. The predicted molar refractivity (Wildman–Crippen MR) is 94.2 cm³/mol. The Balaban J connectivity index is 1.97. The monoisotopic (exact) mass is 338 g/mol. The molecule has 0 saturated carbocycles. The second-order valence-corrected chi connectivity index (χ2v) is 9.95. The summed E-state index contributed by atoms with van der Waals surface area (Å²) in [5.74, 6) is 1.02. The Bertz CT molecular complexity index is 759. The van der Waals surface area contributed by atoms with Crippen LogP contribution in [-0.4, -0.2) is 29.4 Å². The summed E-state index contributed by atoms with van der Waals surface area (Å²) in [6.45, 7) is 3.37. The van der Waals surface area contributed by atoms with Gasteiger partial charge in [-0.2, -0.15) is 0 Å². The summed E-state index contributed by atoms with van der Waals surface area (Å²) >= 11 is 0. The first-order valence-electron chi connectivity index (χ1n) is 7.43. The highest BCUT2D eigenvalue weighted by Crippen LogP contribution is 2.20. The Morgan fingerprint density at radius 1 is 1.05 bits per heavy atom. The molecule has 1 atom stereocenters. The van der Waals surface area contributed by atoms with Gasteiger partial charge >= 0.3 is 0 Å². The maximum absolute atomic E-state index is 12.2. The van der Waals surface area contributed by atoms with Crippen molar-refractivity contribution in [2.24, 2.45) is 0 Å². The topological polar surface area (TPSA) is 51.2 Å². The van der Waals surface area contributed by atoms with Crippen LogP contribution in [-0.2, 0) is 26.4 Å². The van der Waals surface area contributed by atoms with Gasteiger partial charge < -0.3 is 0 Å². The summed E-state index contributed by atoms with van der Waals surface area (Å²) in [7, 11) is -4.08. The molecule has 3 nitrogen and oxygen atoms in total. The molecule has 0 N–H and O–H groups in total. The SMILES string of the molecule is CC(C)S(=O)(=O)CCCS(=O)Cc1cccc2ccccc12. The van der Waals surface area contributed by atoms with Crippen molar-refractivity contribution in [2.45, 2.75) is 31.3 Å². The lowest BCUT2D eigenvalue weighted by atomic mass is 10.1. The lowest BCUT2D eigenvalue weighted by Gasteiger charge is -2.08. The van der Waals surface area contributed by atoms with Gasteiger partial charge in [-0.25, -0.2) is 8.42 Å². The van der Waals surface area contributed by atoms with Gasteiger partial charge in [-0.1, -0.05) is 42.5 Å². The van der Waals surface area contributed by atoms with Gasteiger partial charge in [-0.05, 0) is 36.6 Å². The van der Waals surface area contributed by atoms with Crippen LogP contribution in [0.1, 0.15) is 25.8 Å². The minimum Gasteiger partial charge on any atom is -0.259 e. The Kier molecular flexibility index (Phi) is 5.75. The molecule has 0 aliphatic carbocycles. The van der Waals surface area contributed by atoms with Crippen LogP contribution in [0, 0.1) is 0 Å². The summed E-state index contributed by atoms with van der Waals surface area (Å²) in [5, 5.41) is 1.89. The molecule has 1 unspecified atom stereocenters. The molecular weight excluding hydrogens is 316 g/mol. The molecule has 22 heavy (non-hydrogen) atoms. The molecule has 5 heteroatoms. The van der Waals surface area contributed by atoms with E-state index in [1.165, 1.54) is 0 Å². The lowest BCUT2D eigenvalue weighted by Crippen LogP contribution is -2.19. The first-order chi connectivity index (χ1) is 10.4. The second-order valence-electron chi connectivity index (χ2n) is 5.70. The van der Waals surface area contributed by atoms with Crippen molar-refractivity contribution in [3.05, 3.63) is 48.0 Å². The van der Waals surface area contributed by atoms with Gasteiger partial charge in [0.25, 0.3) is 0 Å². The Morgan fingerprint density at radius 2 is 1.73 bits per heavy atom. The van der Waals surface area contributed by atoms with Gasteiger partial charge in [0.2, 0.25) is 0 Å². The molecule has 2 rings (SSSR count). The third-order valence-corrected chi connectivity index (χ3v) is 7.39. The average Bonchev–Trinajstić information content (AvgIpc) is 2.47. The Morgan fingerprint density at radius 3 is 2.45 bits per heavy atom. The maximum atomic E-state index is 12.2. The minimum absolute atomic E-state index is 0.117. The van der Waals surface area contributed by atoms with Crippen LogP contribution in [0.4, 0.5) is 0 Å². The molecule has 0 radical (unpaired) electrons. The zero-order valence-electron chi connectivity index (χ0n) is 13.0. The van der Waals surface area contributed by atoms with E-state index in [-0.39, 0.29) is 11.0 Å². The Labute approximate surface area is 135 Å². The van der Waals surface area contributed by atoms with E-state index >= 15 is 0 Å². The van der Waals surface area contributed by atoms with Gasteiger partial charge in [0.1, 0.15) is 0 Å². The number of hydrogen-bond acceptors (Lipinski definition) is 3. The lowest BCUT2D eigenvalue weighted by molar-refractivity contribution is 0.586. The third kappa shape index (κ3) is 4.40. The number of rotatable bonds is 7. The molecule has 0 spiro atoms. The van der Waals surface area contributed by atoms with Crippen LogP contribution in [0.15, 0.2) is 42.5 Å². The van der Waals surface area contributed by atoms with Crippen molar-refractivity contribution < 1.29 is 12.6 Å². The molecule has 0 amide bonds. The first-order valence-corrected chi connectivity index (χ1v) is 10.6. The van der Waals surface area contributed by atoms with Crippen molar-refractivity contribution in [3.8, 4) is 0 Å². The van der Waals surface area contributed by atoms with E-state index in [9.17, 15) is 12.6 Å². The standard InChI is InChI=1S/C17H22O3S2/c1-14(2)22(19,20)12-6-11-21(18)13-16-9-5-8-15-7-3-4-10-17(15)16/h3-5,7-10,14H,6,11-13H2,1-2H3. The van der Waals surface area contributed by atoms with Gasteiger partial charge in [0, 0.05) is 22.3 Å². The van der Waals surface area contributed by atoms with Crippen LogP contribution in [0.25, 0.3) is 10.8 Å². The first kappa shape index (κ1) is 17.2. The van der Waals surface area contributed by atoms with Gasteiger partial charge in [0.15, 0.2) is 9.84 Å². The molecular formula is C17H22O3S2. The summed E-state index contributed by atoms with van der Waals surface area (Å²) < 4.78 is 35.7. The van der Waals surface area contributed by atoms with E-state index in [1.807, 2.05) is 42.5 Å². The molecule has 120 valence electrons. The van der Waals surface area contributed by atoms with Gasteiger partial charge in [-0.3, -0.25) is 4.21 Å². The van der Waals surface area contributed by atoms with Crippen LogP contribution >= 0.6 is 0 Å². The normalized spacial score (nSPS) is 13.6. The number of sulfone groups is 1. The molecule has 0 aromatic heterocycles. The molecule has 0 aliphatic heterocycles. The van der Waals surface area contributed by atoms with E-state index in [4.69, 9.17) is 0 Å². The fraction of sp³-hybridized carbons (Fsp3) is 0.412. The molecule has 0 saturated heterocycles. The Hall–Kier alpha value is -1.20. The summed E-state index contributed by atoms with van der Waals surface area (Å²) in [5.41, 5.74) is 1.06. The molecule has 0 aliphatic rings. The molecule has 2 aromatic rings. The van der Waals surface area contributed by atoms with Crippen LogP contribution in [0.2, 0.25) is 0 Å². The van der Waals surface area contributed by atoms with Crippen LogP contribution < -0.4 is 0 Å². The van der Waals surface area contributed by atoms with Crippen molar-refractivity contribution in [1.82, 2.24) is 0 Å². The fourth-order valence-corrected chi connectivity index (χ4v) is 4.73. The number of hydrogen-bond donors (Lipinski definition) is 0. The fourth-order valence-electron chi connectivity index (χ4n) is 2.32. The van der Waals surface area contributed by atoms with Crippen molar-refractivity contribution in [1.29, 1.82) is 0 Å². The van der Waals surface area contributed by atoms with E-state index in [2.05, 4.69) is 0 Å². The largest absolute Gasteiger partial charge is 0.259 e. The van der Waals surface area contributed by atoms with Gasteiger partial charge in [0.05, 0.1) is 11.0 Å². The van der Waals surface area contributed by atoms with E-state index in [0.717, 1.165) is 16.3 Å². The zero-order valence-corrected chi connectivity index (χ0v) is 14.6. The molecule has 2 aromatic carbocycles.